The van der Waals surface area contributed by atoms with Crippen molar-refractivity contribution in [1.29, 1.82) is 0 Å². The molecule has 0 aromatic carbocycles. The molecule has 0 spiro atoms. The smallest absolute Gasteiger partial charge is 0.147 e. The summed E-state index contributed by atoms with van der Waals surface area (Å²) in [5.74, 6) is 3.01. The molecule has 23 heavy (non-hydrogen) atoms. The Kier molecular flexibility index (Phi) is 4.12. The fraction of sp³-hybridized carbons (Fsp3) is 0.611. The number of aryl methyl sites for hydroxylation is 2. The Hall–Kier alpha value is -1.75. The van der Waals surface area contributed by atoms with Crippen molar-refractivity contribution in [3.63, 3.8) is 0 Å². The minimum Gasteiger partial charge on any atom is -0.314 e. The van der Waals surface area contributed by atoms with Gasteiger partial charge in [0.1, 0.15) is 11.6 Å². The Labute approximate surface area is 137 Å². The average Bonchev–Trinajstić information content (AvgIpc) is 3.00. The van der Waals surface area contributed by atoms with Crippen LogP contribution in [0.25, 0.3) is 0 Å². The maximum atomic E-state index is 4.45. The van der Waals surface area contributed by atoms with Gasteiger partial charge in [-0.1, -0.05) is 6.07 Å². The number of hydrogen-bond donors (Lipinski definition) is 0. The highest BCUT2D eigenvalue weighted by molar-refractivity contribution is 5.18. The third-order valence-electron chi connectivity index (χ3n) is 5.29. The summed E-state index contributed by atoms with van der Waals surface area (Å²) in [6.45, 7) is 6.38. The first-order chi connectivity index (χ1) is 11.3. The highest BCUT2D eigenvalue weighted by Gasteiger charge is 2.23. The zero-order valence-electron chi connectivity index (χ0n) is 13.9. The second-order valence-electron chi connectivity index (χ2n) is 6.92. The van der Waals surface area contributed by atoms with Gasteiger partial charge in [0, 0.05) is 24.9 Å². The van der Waals surface area contributed by atoms with Gasteiger partial charge in [-0.05, 0) is 63.2 Å². The topological polar surface area (TPSA) is 46.8 Å². The molecule has 2 aromatic heterocycles. The number of piperidine rings is 1. The minimum atomic E-state index is 0.659. The Bertz CT molecular complexity index is 653. The first-order valence-electron chi connectivity index (χ1n) is 8.85. The molecule has 2 aromatic rings. The summed E-state index contributed by atoms with van der Waals surface area (Å²) in [5.41, 5.74) is 2.50. The molecule has 4 rings (SSSR count). The first-order valence-corrected chi connectivity index (χ1v) is 8.85. The van der Waals surface area contributed by atoms with Crippen LogP contribution < -0.4 is 0 Å². The third-order valence-corrected chi connectivity index (χ3v) is 5.29. The lowest BCUT2D eigenvalue weighted by Crippen LogP contribution is -2.33. The molecule has 2 aliphatic heterocycles. The number of nitrogens with zero attached hydrogens (tertiary/aromatic N) is 5. The second kappa shape index (κ2) is 6.40. The van der Waals surface area contributed by atoms with Crippen molar-refractivity contribution in [2.75, 3.05) is 13.1 Å². The van der Waals surface area contributed by atoms with Gasteiger partial charge < -0.3 is 4.57 Å². The standard InChI is InChI=1S/C18H25N5/c1-14-5-6-16(12-19-14)15-7-10-22(11-8-15)13-18-21-20-17-4-2-3-9-23(17)18/h5-6,12,15H,2-4,7-11,13H2,1H3. The van der Waals surface area contributed by atoms with Crippen LogP contribution in [0.5, 0.6) is 0 Å². The van der Waals surface area contributed by atoms with Crippen LogP contribution in [-0.4, -0.2) is 37.7 Å². The molecule has 0 atom stereocenters. The molecule has 2 aliphatic rings. The Morgan fingerprint density at radius 2 is 1.96 bits per heavy atom. The maximum Gasteiger partial charge on any atom is 0.147 e. The van der Waals surface area contributed by atoms with E-state index in [1.807, 2.05) is 6.92 Å². The lowest BCUT2D eigenvalue weighted by molar-refractivity contribution is 0.197. The van der Waals surface area contributed by atoms with Gasteiger partial charge in [-0.2, -0.15) is 0 Å². The van der Waals surface area contributed by atoms with E-state index in [4.69, 9.17) is 0 Å². The van der Waals surface area contributed by atoms with Gasteiger partial charge in [-0.3, -0.25) is 9.88 Å². The zero-order chi connectivity index (χ0) is 15.6. The first kappa shape index (κ1) is 14.8. The van der Waals surface area contributed by atoms with Crippen LogP contribution in [0.3, 0.4) is 0 Å². The molecule has 0 amide bonds. The van der Waals surface area contributed by atoms with E-state index in [9.17, 15) is 0 Å². The van der Waals surface area contributed by atoms with Crippen LogP contribution in [0.15, 0.2) is 18.3 Å². The van der Waals surface area contributed by atoms with E-state index in [0.717, 1.165) is 44.1 Å². The Morgan fingerprint density at radius 1 is 1.09 bits per heavy atom. The van der Waals surface area contributed by atoms with E-state index in [1.54, 1.807) is 0 Å². The number of aromatic nitrogens is 4. The van der Waals surface area contributed by atoms with Gasteiger partial charge in [-0.15, -0.1) is 10.2 Å². The number of hydrogen-bond acceptors (Lipinski definition) is 4. The van der Waals surface area contributed by atoms with Gasteiger partial charge in [0.2, 0.25) is 0 Å². The van der Waals surface area contributed by atoms with Crippen molar-refractivity contribution in [2.45, 2.75) is 58.0 Å². The summed E-state index contributed by atoms with van der Waals surface area (Å²) in [4.78, 5) is 6.98. The molecule has 0 radical (unpaired) electrons. The van der Waals surface area contributed by atoms with Crippen LogP contribution in [0.1, 0.15) is 54.5 Å². The van der Waals surface area contributed by atoms with Crippen LogP contribution >= 0.6 is 0 Å². The number of fused-ring (bicyclic) bond motifs is 1. The fourth-order valence-corrected chi connectivity index (χ4v) is 3.83. The lowest BCUT2D eigenvalue weighted by Gasteiger charge is -2.32. The molecule has 4 heterocycles. The molecule has 0 N–H and O–H groups in total. The van der Waals surface area contributed by atoms with Crippen molar-refractivity contribution in [1.82, 2.24) is 24.6 Å². The normalized spacial score (nSPS) is 19.7. The van der Waals surface area contributed by atoms with E-state index >= 15 is 0 Å². The quantitative estimate of drug-likeness (QED) is 0.874. The predicted octanol–water partition coefficient (Wildman–Crippen LogP) is 2.70. The van der Waals surface area contributed by atoms with Gasteiger partial charge >= 0.3 is 0 Å². The molecular weight excluding hydrogens is 286 g/mol. The van der Waals surface area contributed by atoms with E-state index in [2.05, 4.69) is 43.0 Å². The summed E-state index contributed by atoms with van der Waals surface area (Å²) in [5, 5.41) is 8.81. The summed E-state index contributed by atoms with van der Waals surface area (Å²) in [6.07, 6.45) is 8.10. The molecule has 1 fully saturated rings. The van der Waals surface area contributed by atoms with Gasteiger partial charge in [0.25, 0.3) is 0 Å². The van der Waals surface area contributed by atoms with E-state index in [-0.39, 0.29) is 0 Å². The molecule has 5 heteroatoms. The fourth-order valence-electron chi connectivity index (χ4n) is 3.83. The SMILES string of the molecule is Cc1ccc(C2CCN(Cc3nnc4n3CCCC4)CC2)cn1. The highest BCUT2D eigenvalue weighted by Crippen LogP contribution is 2.28. The monoisotopic (exact) mass is 311 g/mol. The van der Waals surface area contributed by atoms with Crippen LogP contribution in [0.2, 0.25) is 0 Å². The van der Waals surface area contributed by atoms with Crippen molar-refractivity contribution in [2.24, 2.45) is 0 Å². The van der Waals surface area contributed by atoms with Gasteiger partial charge in [-0.25, -0.2) is 0 Å². The average molecular weight is 311 g/mol. The van der Waals surface area contributed by atoms with Crippen LogP contribution in [0, 0.1) is 6.92 Å². The summed E-state index contributed by atoms with van der Waals surface area (Å²) >= 11 is 0. The summed E-state index contributed by atoms with van der Waals surface area (Å²) < 4.78 is 2.35. The van der Waals surface area contributed by atoms with Crippen molar-refractivity contribution in [3.8, 4) is 0 Å². The molecule has 0 unspecified atom stereocenters. The molecule has 0 aliphatic carbocycles. The maximum absolute atomic E-state index is 4.45. The van der Waals surface area contributed by atoms with Gasteiger partial charge in [0.05, 0.1) is 6.54 Å². The van der Waals surface area contributed by atoms with Crippen molar-refractivity contribution >= 4 is 0 Å². The number of rotatable bonds is 3. The molecule has 0 bridgehead atoms. The van der Waals surface area contributed by atoms with Crippen LogP contribution in [-0.2, 0) is 19.5 Å². The zero-order valence-corrected chi connectivity index (χ0v) is 13.9. The third kappa shape index (κ3) is 3.15. The summed E-state index contributed by atoms with van der Waals surface area (Å²) in [7, 11) is 0. The van der Waals surface area contributed by atoms with E-state index in [1.165, 1.54) is 37.1 Å². The van der Waals surface area contributed by atoms with Gasteiger partial charge in [0.15, 0.2) is 0 Å². The Balaban J connectivity index is 1.36. The van der Waals surface area contributed by atoms with E-state index in [0.29, 0.717) is 5.92 Å². The molecular formula is C18H25N5. The number of likely N-dealkylation sites (tertiary alicyclic amines) is 1. The van der Waals surface area contributed by atoms with E-state index < -0.39 is 0 Å². The number of pyridine rings is 1. The summed E-state index contributed by atoms with van der Waals surface area (Å²) in [6, 6.07) is 4.38. The van der Waals surface area contributed by atoms with Crippen molar-refractivity contribution < 1.29 is 0 Å². The second-order valence-corrected chi connectivity index (χ2v) is 6.92. The molecule has 5 nitrogen and oxygen atoms in total. The molecule has 1 saturated heterocycles. The highest BCUT2D eigenvalue weighted by atomic mass is 15.3. The molecule has 0 saturated carbocycles. The Morgan fingerprint density at radius 3 is 2.74 bits per heavy atom. The predicted molar refractivity (Wildman–Crippen MR) is 89.2 cm³/mol. The largest absolute Gasteiger partial charge is 0.314 e. The van der Waals surface area contributed by atoms with Crippen molar-refractivity contribution in [3.05, 3.63) is 41.2 Å². The van der Waals surface area contributed by atoms with Crippen LogP contribution in [0.4, 0.5) is 0 Å². The molecule has 122 valence electrons. The minimum absolute atomic E-state index is 0.659. The lowest BCUT2D eigenvalue weighted by atomic mass is 9.90.